The number of hydrogen-bond acceptors (Lipinski definition) is 6. The van der Waals surface area contributed by atoms with Crippen LogP contribution in [0.1, 0.15) is 290 Å². The van der Waals surface area contributed by atoms with E-state index in [9.17, 15) is 14.4 Å². The van der Waals surface area contributed by atoms with Crippen LogP contribution in [0.25, 0.3) is 0 Å². The van der Waals surface area contributed by atoms with Gasteiger partial charge in [0.15, 0.2) is 6.10 Å². The Morgan fingerprint density at radius 1 is 0.290 bits per heavy atom. The summed E-state index contributed by atoms with van der Waals surface area (Å²) in [6.07, 6.45) is 73.1. The molecule has 0 N–H and O–H groups in total. The molecule has 0 saturated carbocycles. The first-order chi connectivity index (χ1) is 34.0. The number of unbranched alkanes of at least 4 members (excludes halogenated alkanes) is 30. The van der Waals surface area contributed by atoms with Crippen molar-refractivity contribution < 1.29 is 28.6 Å². The molecule has 6 nitrogen and oxygen atoms in total. The van der Waals surface area contributed by atoms with Crippen LogP contribution < -0.4 is 0 Å². The number of carbonyl (C=O) groups is 3. The van der Waals surface area contributed by atoms with E-state index in [1.165, 1.54) is 154 Å². The SMILES string of the molecule is CCCCC/C=C\C/C=C\C/C=C\CCCCCCCCC(=O)OCC(COC(=O)CCCCCCC/C=C\C/C=C\CCCCC)OC(=O)CCCCCCCCC/C=C\CCCCCCCC. The van der Waals surface area contributed by atoms with Gasteiger partial charge in [-0.25, -0.2) is 0 Å². The number of rotatable bonds is 53. The highest BCUT2D eigenvalue weighted by atomic mass is 16.6. The zero-order valence-corrected chi connectivity index (χ0v) is 45.6. The van der Waals surface area contributed by atoms with Gasteiger partial charge in [0, 0.05) is 19.3 Å². The van der Waals surface area contributed by atoms with Gasteiger partial charge < -0.3 is 14.2 Å². The highest BCUT2D eigenvalue weighted by Crippen LogP contribution is 2.15. The second-order valence-corrected chi connectivity index (χ2v) is 19.5. The zero-order valence-electron chi connectivity index (χ0n) is 45.6. The number of allylic oxidation sites excluding steroid dienone is 12. The molecule has 0 saturated heterocycles. The van der Waals surface area contributed by atoms with Gasteiger partial charge in [-0.15, -0.1) is 0 Å². The molecule has 0 aliphatic carbocycles. The molecule has 1 unspecified atom stereocenters. The molecule has 0 amide bonds. The average molecular weight is 964 g/mol. The molecule has 0 fully saturated rings. The van der Waals surface area contributed by atoms with E-state index in [4.69, 9.17) is 14.2 Å². The monoisotopic (exact) mass is 963 g/mol. The van der Waals surface area contributed by atoms with Crippen molar-refractivity contribution in [1.82, 2.24) is 0 Å². The molecule has 0 heterocycles. The summed E-state index contributed by atoms with van der Waals surface area (Å²) in [5, 5.41) is 0. The maximum absolute atomic E-state index is 12.9. The van der Waals surface area contributed by atoms with E-state index in [1.807, 2.05) is 0 Å². The van der Waals surface area contributed by atoms with Gasteiger partial charge in [-0.2, -0.15) is 0 Å². The van der Waals surface area contributed by atoms with Gasteiger partial charge in [-0.05, 0) is 116 Å². The molecule has 398 valence electrons. The van der Waals surface area contributed by atoms with Crippen molar-refractivity contribution in [2.24, 2.45) is 0 Å². The lowest BCUT2D eigenvalue weighted by molar-refractivity contribution is -0.167. The van der Waals surface area contributed by atoms with Crippen molar-refractivity contribution in [3.8, 4) is 0 Å². The van der Waals surface area contributed by atoms with Crippen molar-refractivity contribution in [1.29, 1.82) is 0 Å². The topological polar surface area (TPSA) is 78.9 Å². The quantitative estimate of drug-likeness (QED) is 0.0262. The minimum Gasteiger partial charge on any atom is -0.462 e. The fourth-order valence-electron chi connectivity index (χ4n) is 8.18. The first-order valence-corrected chi connectivity index (χ1v) is 29.4. The summed E-state index contributed by atoms with van der Waals surface area (Å²) in [6, 6.07) is 0. The summed E-state index contributed by atoms with van der Waals surface area (Å²) >= 11 is 0. The first kappa shape index (κ1) is 65.8. The molecule has 0 aromatic heterocycles. The molecule has 0 aliphatic heterocycles. The van der Waals surface area contributed by atoms with E-state index < -0.39 is 6.10 Å². The number of esters is 3. The Morgan fingerprint density at radius 3 is 0.855 bits per heavy atom. The van der Waals surface area contributed by atoms with Crippen molar-refractivity contribution in [2.45, 2.75) is 297 Å². The third-order valence-electron chi connectivity index (χ3n) is 12.7. The summed E-state index contributed by atoms with van der Waals surface area (Å²) < 4.78 is 16.9. The second kappa shape index (κ2) is 57.4. The van der Waals surface area contributed by atoms with Crippen LogP contribution in [0.15, 0.2) is 72.9 Å². The molecule has 0 aromatic carbocycles. The number of carbonyl (C=O) groups excluding carboxylic acids is 3. The lowest BCUT2D eigenvalue weighted by Gasteiger charge is -2.18. The number of hydrogen-bond donors (Lipinski definition) is 0. The van der Waals surface area contributed by atoms with Gasteiger partial charge in [-0.1, -0.05) is 229 Å². The molecule has 0 bridgehead atoms. The molecule has 0 rings (SSSR count). The Bertz CT molecular complexity index is 1290. The third-order valence-corrected chi connectivity index (χ3v) is 12.7. The van der Waals surface area contributed by atoms with Crippen LogP contribution in [-0.4, -0.2) is 37.2 Å². The van der Waals surface area contributed by atoms with Crippen molar-refractivity contribution in [3.05, 3.63) is 72.9 Å². The standard InChI is InChI=1S/C63H110O6/c1-4-7-10-13-16-19-22-25-28-30-31-33-35-38-41-44-47-50-53-56-62(65)68-59-60(58-67-61(64)55-52-49-46-43-40-37-34-27-24-21-18-15-12-9-6-3)69-63(66)57-54-51-48-45-42-39-36-32-29-26-23-20-17-14-11-8-5-2/h16,18-19,21,25-29,31,33-34,60H,4-15,17,20,22-24,30,32,35-59H2,1-3H3/b19-16-,21-18-,28-25-,29-26-,33-31-,34-27-. The van der Waals surface area contributed by atoms with Gasteiger partial charge >= 0.3 is 17.9 Å². The highest BCUT2D eigenvalue weighted by Gasteiger charge is 2.19. The van der Waals surface area contributed by atoms with E-state index in [1.54, 1.807) is 0 Å². The van der Waals surface area contributed by atoms with Gasteiger partial charge in [0.1, 0.15) is 13.2 Å². The minimum atomic E-state index is -0.790. The Morgan fingerprint density at radius 2 is 0.522 bits per heavy atom. The summed E-state index contributed by atoms with van der Waals surface area (Å²) in [4.78, 5) is 38.2. The maximum Gasteiger partial charge on any atom is 0.306 e. The normalized spacial score (nSPS) is 12.6. The van der Waals surface area contributed by atoms with Crippen LogP contribution in [0.5, 0.6) is 0 Å². The van der Waals surface area contributed by atoms with E-state index >= 15 is 0 Å². The van der Waals surface area contributed by atoms with E-state index in [0.717, 1.165) is 96.3 Å². The molecule has 0 radical (unpaired) electrons. The van der Waals surface area contributed by atoms with Crippen molar-refractivity contribution in [3.63, 3.8) is 0 Å². The zero-order chi connectivity index (χ0) is 50.0. The Labute approximate surface area is 427 Å². The Hall–Kier alpha value is -3.15. The van der Waals surface area contributed by atoms with Crippen molar-refractivity contribution >= 4 is 17.9 Å². The van der Waals surface area contributed by atoms with Gasteiger partial charge in [0.25, 0.3) is 0 Å². The van der Waals surface area contributed by atoms with E-state index in [-0.39, 0.29) is 31.1 Å². The maximum atomic E-state index is 12.9. The summed E-state index contributed by atoms with van der Waals surface area (Å²) in [5.74, 6) is -0.909. The molecule has 6 heteroatoms. The first-order valence-electron chi connectivity index (χ1n) is 29.4. The smallest absolute Gasteiger partial charge is 0.306 e. The molecular formula is C63H110O6. The molecule has 0 aliphatic rings. The fourth-order valence-corrected chi connectivity index (χ4v) is 8.18. The van der Waals surface area contributed by atoms with Crippen LogP contribution in [-0.2, 0) is 28.6 Å². The van der Waals surface area contributed by atoms with Crippen molar-refractivity contribution in [2.75, 3.05) is 13.2 Å². The minimum absolute atomic E-state index is 0.0880. The van der Waals surface area contributed by atoms with Gasteiger partial charge in [0.2, 0.25) is 0 Å². The van der Waals surface area contributed by atoms with E-state index in [2.05, 4.69) is 93.7 Å². The lowest BCUT2D eigenvalue weighted by Crippen LogP contribution is -2.30. The second-order valence-electron chi connectivity index (χ2n) is 19.5. The summed E-state index contributed by atoms with van der Waals surface area (Å²) in [5.41, 5.74) is 0. The van der Waals surface area contributed by atoms with Crippen LogP contribution in [0, 0.1) is 0 Å². The average Bonchev–Trinajstić information content (AvgIpc) is 3.35. The van der Waals surface area contributed by atoms with Gasteiger partial charge in [-0.3, -0.25) is 14.4 Å². The van der Waals surface area contributed by atoms with Gasteiger partial charge in [0.05, 0.1) is 0 Å². The largest absolute Gasteiger partial charge is 0.462 e. The molecule has 0 spiro atoms. The third kappa shape index (κ3) is 55.6. The van der Waals surface area contributed by atoms with Crippen LogP contribution in [0.4, 0.5) is 0 Å². The number of ether oxygens (including phenoxy) is 3. The predicted molar refractivity (Wildman–Crippen MR) is 298 cm³/mol. The molecule has 1 atom stereocenters. The van der Waals surface area contributed by atoms with Crippen LogP contribution in [0.3, 0.4) is 0 Å². The molecular weight excluding hydrogens is 853 g/mol. The summed E-state index contributed by atoms with van der Waals surface area (Å²) in [7, 11) is 0. The summed E-state index contributed by atoms with van der Waals surface area (Å²) in [6.45, 7) is 6.58. The lowest BCUT2D eigenvalue weighted by atomic mass is 10.1. The van der Waals surface area contributed by atoms with Crippen LogP contribution >= 0.6 is 0 Å². The van der Waals surface area contributed by atoms with E-state index in [0.29, 0.717) is 19.3 Å². The Balaban J connectivity index is 4.42. The fraction of sp³-hybridized carbons (Fsp3) is 0.762. The molecule has 69 heavy (non-hydrogen) atoms. The Kier molecular flexibility index (Phi) is 54.8. The predicted octanol–water partition coefficient (Wildman–Crippen LogP) is 19.8. The molecule has 0 aromatic rings. The highest BCUT2D eigenvalue weighted by molar-refractivity contribution is 5.71. The van der Waals surface area contributed by atoms with Crippen LogP contribution in [0.2, 0.25) is 0 Å².